The number of halogens is 3. The number of hydrogen-bond donors (Lipinski definition) is 1. The molecule has 6 nitrogen and oxygen atoms in total. The highest BCUT2D eigenvalue weighted by atomic mass is 19.4. The highest BCUT2D eigenvalue weighted by molar-refractivity contribution is 5.55. The summed E-state index contributed by atoms with van der Waals surface area (Å²) in [6, 6.07) is 7.31. The lowest BCUT2D eigenvalue weighted by Gasteiger charge is -2.16. The summed E-state index contributed by atoms with van der Waals surface area (Å²) in [7, 11) is 0. The lowest BCUT2D eigenvalue weighted by molar-refractivity contribution is -0.385. The molecule has 2 aromatic rings. The molecular formula is C17H15F3N2O4. The number of nitrogens with one attached hydrogen (secondary N) is 1. The molecule has 2 aromatic carbocycles. The van der Waals surface area contributed by atoms with E-state index in [0.717, 1.165) is 12.1 Å². The van der Waals surface area contributed by atoms with Crippen LogP contribution in [0.5, 0.6) is 11.5 Å². The Morgan fingerprint density at radius 3 is 2.58 bits per heavy atom. The highest BCUT2D eigenvalue weighted by Gasteiger charge is 2.30. The van der Waals surface area contributed by atoms with Gasteiger partial charge in [-0.1, -0.05) is 12.1 Å². The molecule has 138 valence electrons. The van der Waals surface area contributed by atoms with Gasteiger partial charge in [0.25, 0.3) is 5.69 Å². The smallest absolute Gasteiger partial charge is 0.416 e. The lowest BCUT2D eigenvalue weighted by Crippen LogP contribution is -2.19. The second-order valence-corrected chi connectivity index (χ2v) is 5.82. The first-order valence-electron chi connectivity index (χ1n) is 7.73. The fourth-order valence-corrected chi connectivity index (χ4v) is 2.65. The Bertz CT molecular complexity index is 839. The zero-order chi connectivity index (χ0) is 18.9. The topological polar surface area (TPSA) is 73.6 Å². The Morgan fingerprint density at radius 1 is 1.23 bits per heavy atom. The molecule has 0 amide bonds. The van der Waals surface area contributed by atoms with Gasteiger partial charge in [0.05, 0.1) is 16.6 Å². The maximum atomic E-state index is 12.8. The predicted molar refractivity (Wildman–Crippen MR) is 85.9 cm³/mol. The van der Waals surface area contributed by atoms with Gasteiger partial charge in [0.15, 0.2) is 11.5 Å². The first-order valence-corrected chi connectivity index (χ1v) is 7.73. The SMILES string of the molecule is CC(NCc1cc2c(cc1[N+](=O)[O-])OCO2)c1cccc(C(F)(F)F)c1. The van der Waals surface area contributed by atoms with E-state index in [0.29, 0.717) is 22.6 Å². The van der Waals surface area contributed by atoms with E-state index in [2.05, 4.69) is 5.32 Å². The molecule has 1 atom stereocenters. The molecule has 1 heterocycles. The van der Waals surface area contributed by atoms with Gasteiger partial charge in [-0.25, -0.2) is 0 Å². The summed E-state index contributed by atoms with van der Waals surface area (Å²) in [6.45, 7) is 1.77. The Hall–Kier alpha value is -2.81. The van der Waals surface area contributed by atoms with E-state index in [1.165, 1.54) is 18.2 Å². The molecule has 0 radical (unpaired) electrons. The minimum atomic E-state index is -4.42. The Balaban J connectivity index is 1.78. The van der Waals surface area contributed by atoms with Crippen LogP contribution in [0.4, 0.5) is 18.9 Å². The molecule has 1 unspecified atom stereocenters. The molecule has 1 aliphatic heterocycles. The minimum absolute atomic E-state index is 0.00991. The number of alkyl halides is 3. The number of hydrogen-bond acceptors (Lipinski definition) is 5. The molecule has 3 rings (SSSR count). The van der Waals surface area contributed by atoms with Crippen molar-refractivity contribution in [2.24, 2.45) is 0 Å². The average molecular weight is 368 g/mol. The molecule has 9 heteroatoms. The fourth-order valence-electron chi connectivity index (χ4n) is 2.65. The van der Waals surface area contributed by atoms with E-state index in [1.807, 2.05) is 0 Å². The van der Waals surface area contributed by atoms with Gasteiger partial charge in [-0.2, -0.15) is 13.2 Å². The van der Waals surface area contributed by atoms with Gasteiger partial charge < -0.3 is 14.8 Å². The van der Waals surface area contributed by atoms with Crippen molar-refractivity contribution in [2.45, 2.75) is 25.7 Å². The summed E-state index contributed by atoms with van der Waals surface area (Å²) in [5.41, 5.74) is -0.0861. The summed E-state index contributed by atoms with van der Waals surface area (Å²) in [5, 5.41) is 14.3. The number of nitro benzene ring substituents is 1. The van der Waals surface area contributed by atoms with E-state index in [9.17, 15) is 23.3 Å². The molecule has 0 saturated carbocycles. The van der Waals surface area contributed by atoms with Crippen molar-refractivity contribution in [2.75, 3.05) is 6.79 Å². The monoisotopic (exact) mass is 368 g/mol. The van der Waals surface area contributed by atoms with E-state index < -0.39 is 22.7 Å². The van der Waals surface area contributed by atoms with Crippen molar-refractivity contribution >= 4 is 5.69 Å². The van der Waals surface area contributed by atoms with Crippen LogP contribution in [0.1, 0.15) is 29.7 Å². The third-order valence-electron chi connectivity index (χ3n) is 4.08. The fraction of sp³-hybridized carbons (Fsp3) is 0.294. The summed E-state index contributed by atoms with van der Waals surface area (Å²) in [6.07, 6.45) is -4.42. The number of benzene rings is 2. The molecule has 1 aliphatic rings. The first-order chi connectivity index (χ1) is 12.3. The lowest BCUT2D eigenvalue weighted by atomic mass is 10.0. The molecule has 26 heavy (non-hydrogen) atoms. The van der Waals surface area contributed by atoms with Gasteiger partial charge in [0.2, 0.25) is 6.79 Å². The summed E-state index contributed by atoms with van der Waals surface area (Å²) >= 11 is 0. The Morgan fingerprint density at radius 2 is 1.92 bits per heavy atom. The molecule has 0 aromatic heterocycles. The van der Waals surface area contributed by atoms with Gasteiger partial charge in [-0.3, -0.25) is 10.1 Å². The van der Waals surface area contributed by atoms with Crippen LogP contribution in [-0.4, -0.2) is 11.7 Å². The van der Waals surface area contributed by atoms with E-state index >= 15 is 0 Å². The van der Waals surface area contributed by atoms with Gasteiger partial charge in [-0.05, 0) is 30.7 Å². The van der Waals surface area contributed by atoms with Crippen LogP contribution < -0.4 is 14.8 Å². The van der Waals surface area contributed by atoms with Crippen LogP contribution in [0, 0.1) is 10.1 Å². The third-order valence-corrected chi connectivity index (χ3v) is 4.08. The number of rotatable bonds is 5. The maximum absolute atomic E-state index is 12.8. The molecule has 0 aliphatic carbocycles. The van der Waals surface area contributed by atoms with Gasteiger partial charge >= 0.3 is 6.18 Å². The van der Waals surface area contributed by atoms with Crippen molar-refractivity contribution in [1.82, 2.24) is 5.32 Å². The zero-order valence-electron chi connectivity index (χ0n) is 13.7. The number of nitro groups is 1. The second kappa shape index (κ2) is 6.83. The normalized spacial score (nSPS) is 14.3. The van der Waals surface area contributed by atoms with Crippen LogP contribution in [0.25, 0.3) is 0 Å². The van der Waals surface area contributed by atoms with Crippen molar-refractivity contribution in [3.8, 4) is 11.5 Å². The van der Waals surface area contributed by atoms with E-state index in [4.69, 9.17) is 9.47 Å². The highest BCUT2D eigenvalue weighted by Crippen LogP contribution is 2.38. The van der Waals surface area contributed by atoms with E-state index in [-0.39, 0.29) is 19.0 Å². The largest absolute Gasteiger partial charge is 0.454 e. The Labute approximate surface area is 146 Å². The zero-order valence-corrected chi connectivity index (χ0v) is 13.7. The van der Waals surface area contributed by atoms with Crippen LogP contribution in [-0.2, 0) is 12.7 Å². The maximum Gasteiger partial charge on any atom is 0.416 e. The molecule has 0 saturated heterocycles. The van der Waals surface area contributed by atoms with Crippen LogP contribution in [0.15, 0.2) is 36.4 Å². The van der Waals surface area contributed by atoms with Crippen molar-refractivity contribution in [1.29, 1.82) is 0 Å². The first kappa shape index (κ1) is 18.0. The second-order valence-electron chi connectivity index (χ2n) is 5.82. The molecule has 0 bridgehead atoms. The standard InChI is InChI=1S/C17H15F3N2O4/c1-10(11-3-2-4-13(5-11)17(18,19)20)21-8-12-6-15-16(26-9-25-15)7-14(12)22(23)24/h2-7,10,21H,8-9H2,1H3. The third kappa shape index (κ3) is 3.72. The number of ether oxygens (including phenoxy) is 2. The van der Waals surface area contributed by atoms with Gasteiger partial charge in [0.1, 0.15) is 0 Å². The van der Waals surface area contributed by atoms with Crippen molar-refractivity contribution in [3.63, 3.8) is 0 Å². The van der Waals surface area contributed by atoms with Gasteiger partial charge in [0, 0.05) is 18.2 Å². The summed E-state index contributed by atoms with van der Waals surface area (Å²) in [5.74, 6) is 0.700. The van der Waals surface area contributed by atoms with Crippen molar-refractivity contribution < 1.29 is 27.6 Å². The number of fused-ring (bicyclic) bond motifs is 1. The molecule has 0 fully saturated rings. The van der Waals surface area contributed by atoms with Crippen LogP contribution in [0.3, 0.4) is 0 Å². The Kier molecular flexibility index (Phi) is 4.73. The average Bonchev–Trinajstić information content (AvgIpc) is 3.05. The van der Waals surface area contributed by atoms with Crippen LogP contribution >= 0.6 is 0 Å². The van der Waals surface area contributed by atoms with Crippen molar-refractivity contribution in [3.05, 3.63) is 63.2 Å². The number of nitrogens with zero attached hydrogens (tertiary/aromatic N) is 1. The van der Waals surface area contributed by atoms with E-state index in [1.54, 1.807) is 13.0 Å². The molecule has 1 N–H and O–H groups in total. The molecule has 0 spiro atoms. The molecular weight excluding hydrogens is 353 g/mol. The predicted octanol–water partition coefficient (Wildman–Crippen LogP) is 4.19. The summed E-state index contributed by atoms with van der Waals surface area (Å²) in [4.78, 5) is 10.7. The minimum Gasteiger partial charge on any atom is -0.454 e. The van der Waals surface area contributed by atoms with Crippen LogP contribution in [0.2, 0.25) is 0 Å². The summed E-state index contributed by atoms with van der Waals surface area (Å²) < 4.78 is 48.8. The van der Waals surface area contributed by atoms with Gasteiger partial charge in [-0.15, -0.1) is 0 Å². The quantitative estimate of drug-likeness (QED) is 0.633.